The number of ether oxygens (including phenoxy) is 1. The highest BCUT2D eigenvalue weighted by Gasteiger charge is 2.16. The molecule has 0 aliphatic rings. The molecule has 0 saturated heterocycles. The maximum absolute atomic E-state index is 11.4. The molecule has 2 aromatic rings. The van der Waals surface area contributed by atoms with Crippen LogP contribution in [-0.2, 0) is 16.1 Å². The quantitative estimate of drug-likeness (QED) is 0.821. The largest absolute Gasteiger partial charge is 0.478 e. The molecule has 108 valence electrons. The summed E-state index contributed by atoms with van der Waals surface area (Å²) in [5.41, 5.74) is 2.12. The second kappa shape index (κ2) is 7.41. The van der Waals surface area contributed by atoms with Gasteiger partial charge in [-0.05, 0) is 24.1 Å². The number of rotatable bonds is 6. The number of aliphatic carboxylic acids is 1. The van der Waals surface area contributed by atoms with E-state index in [2.05, 4.69) is 0 Å². The Morgan fingerprint density at radius 2 is 1.67 bits per heavy atom. The molecule has 1 atom stereocenters. The molecule has 0 amide bonds. The van der Waals surface area contributed by atoms with Crippen molar-refractivity contribution in [1.29, 1.82) is 0 Å². The van der Waals surface area contributed by atoms with Crippen LogP contribution in [0.15, 0.2) is 66.2 Å². The van der Waals surface area contributed by atoms with Gasteiger partial charge in [0.05, 0.1) is 18.3 Å². The third-order valence-corrected chi connectivity index (χ3v) is 3.15. The monoisotopic (exact) mass is 282 g/mol. The Labute approximate surface area is 124 Å². The summed E-state index contributed by atoms with van der Waals surface area (Å²) >= 11 is 0. The van der Waals surface area contributed by atoms with Gasteiger partial charge in [0.25, 0.3) is 0 Å². The third-order valence-electron chi connectivity index (χ3n) is 3.15. The molecule has 0 fully saturated rings. The number of carbonyl (C=O) groups is 1. The van der Waals surface area contributed by atoms with Crippen LogP contribution in [-0.4, -0.2) is 17.2 Å². The van der Waals surface area contributed by atoms with Crippen LogP contribution in [0.3, 0.4) is 0 Å². The van der Waals surface area contributed by atoms with Crippen LogP contribution in [0, 0.1) is 0 Å². The van der Waals surface area contributed by atoms with Gasteiger partial charge in [0.15, 0.2) is 0 Å². The van der Waals surface area contributed by atoms with Crippen molar-refractivity contribution in [1.82, 2.24) is 0 Å². The van der Waals surface area contributed by atoms with Crippen molar-refractivity contribution in [2.24, 2.45) is 0 Å². The normalized spacial score (nSPS) is 12.9. The lowest BCUT2D eigenvalue weighted by Gasteiger charge is -2.14. The van der Waals surface area contributed by atoms with E-state index in [1.54, 1.807) is 13.0 Å². The molecule has 0 heterocycles. The van der Waals surface area contributed by atoms with Gasteiger partial charge < -0.3 is 9.84 Å². The van der Waals surface area contributed by atoms with Gasteiger partial charge in [-0.3, -0.25) is 0 Å². The second-order valence-electron chi connectivity index (χ2n) is 4.75. The number of carboxylic acid groups (broad SMARTS) is 1. The Bertz CT molecular complexity index is 603. The first kappa shape index (κ1) is 15.0. The summed E-state index contributed by atoms with van der Waals surface area (Å²) in [5, 5.41) is 9.35. The smallest absolute Gasteiger partial charge is 0.334 e. The van der Waals surface area contributed by atoms with E-state index in [9.17, 15) is 9.90 Å². The molecule has 3 heteroatoms. The SMILES string of the molecule is CC(OCc1ccccc1)/C(=C\c1ccccc1)C(=O)O. The molecule has 0 aliphatic heterocycles. The van der Waals surface area contributed by atoms with Crippen molar-refractivity contribution in [3.05, 3.63) is 77.4 Å². The van der Waals surface area contributed by atoms with Gasteiger partial charge in [0.1, 0.15) is 0 Å². The van der Waals surface area contributed by atoms with Gasteiger partial charge in [-0.2, -0.15) is 0 Å². The number of hydrogen-bond acceptors (Lipinski definition) is 2. The first-order valence-corrected chi connectivity index (χ1v) is 6.82. The molecule has 0 aliphatic carbocycles. The highest BCUT2D eigenvalue weighted by atomic mass is 16.5. The molecule has 0 radical (unpaired) electrons. The molecule has 0 bridgehead atoms. The molecule has 2 rings (SSSR count). The minimum Gasteiger partial charge on any atom is -0.478 e. The van der Waals surface area contributed by atoms with E-state index in [0.29, 0.717) is 6.61 Å². The van der Waals surface area contributed by atoms with Crippen molar-refractivity contribution < 1.29 is 14.6 Å². The Kier molecular flexibility index (Phi) is 5.29. The second-order valence-corrected chi connectivity index (χ2v) is 4.75. The fourth-order valence-electron chi connectivity index (χ4n) is 1.97. The Morgan fingerprint density at radius 1 is 1.10 bits per heavy atom. The lowest BCUT2D eigenvalue weighted by atomic mass is 10.1. The minimum atomic E-state index is -0.959. The van der Waals surface area contributed by atoms with Gasteiger partial charge in [0, 0.05) is 0 Å². The van der Waals surface area contributed by atoms with E-state index < -0.39 is 12.1 Å². The van der Waals surface area contributed by atoms with E-state index in [1.165, 1.54) is 0 Å². The molecule has 0 aromatic heterocycles. The molecule has 0 spiro atoms. The highest BCUT2D eigenvalue weighted by Crippen LogP contribution is 2.15. The Hall–Kier alpha value is -2.39. The maximum Gasteiger partial charge on any atom is 0.334 e. The van der Waals surface area contributed by atoms with Crippen LogP contribution >= 0.6 is 0 Å². The minimum absolute atomic E-state index is 0.247. The van der Waals surface area contributed by atoms with Crippen molar-refractivity contribution in [3.63, 3.8) is 0 Å². The van der Waals surface area contributed by atoms with Gasteiger partial charge >= 0.3 is 5.97 Å². The highest BCUT2D eigenvalue weighted by molar-refractivity contribution is 5.93. The molecule has 0 saturated carbocycles. The molecule has 21 heavy (non-hydrogen) atoms. The van der Waals surface area contributed by atoms with Gasteiger partial charge in [-0.15, -0.1) is 0 Å². The van der Waals surface area contributed by atoms with Crippen LogP contribution in [0.5, 0.6) is 0 Å². The van der Waals surface area contributed by atoms with Gasteiger partial charge in [0.2, 0.25) is 0 Å². The Balaban J connectivity index is 2.08. The number of benzene rings is 2. The van der Waals surface area contributed by atoms with Crippen LogP contribution in [0.2, 0.25) is 0 Å². The summed E-state index contributed by atoms with van der Waals surface area (Å²) < 4.78 is 5.67. The Morgan fingerprint density at radius 3 is 2.24 bits per heavy atom. The first-order valence-electron chi connectivity index (χ1n) is 6.82. The molecule has 2 aromatic carbocycles. The third kappa shape index (κ3) is 4.58. The zero-order valence-corrected chi connectivity index (χ0v) is 11.9. The van der Waals surface area contributed by atoms with Crippen molar-refractivity contribution in [3.8, 4) is 0 Å². The van der Waals surface area contributed by atoms with Crippen LogP contribution in [0.25, 0.3) is 6.08 Å². The van der Waals surface area contributed by atoms with Crippen LogP contribution in [0.1, 0.15) is 18.1 Å². The van der Waals surface area contributed by atoms with E-state index in [1.807, 2.05) is 60.7 Å². The molecule has 1 unspecified atom stereocenters. The fraction of sp³-hybridized carbons (Fsp3) is 0.167. The molecule has 3 nitrogen and oxygen atoms in total. The lowest BCUT2D eigenvalue weighted by molar-refractivity contribution is -0.134. The average molecular weight is 282 g/mol. The standard InChI is InChI=1S/C18H18O3/c1-14(21-13-16-10-6-3-7-11-16)17(18(19)20)12-15-8-4-2-5-9-15/h2-12,14H,13H2,1H3,(H,19,20)/b17-12+. The van der Waals surface area contributed by atoms with Crippen molar-refractivity contribution in [2.45, 2.75) is 19.6 Å². The predicted molar refractivity (Wildman–Crippen MR) is 82.7 cm³/mol. The number of hydrogen-bond donors (Lipinski definition) is 1. The van der Waals surface area contributed by atoms with Crippen LogP contribution in [0.4, 0.5) is 0 Å². The average Bonchev–Trinajstić information content (AvgIpc) is 2.52. The molecule has 1 N–H and O–H groups in total. The summed E-state index contributed by atoms with van der Waals surface area (Å²) in [4.78, 5) is 11.4. The summed E-state index contributed by atoms with van der Waals surface area (Å²) in [6, 6.07) is 19.1. The number of carboxylic acids is 1. The van der Waals surface area contributed by atoms with E-state index in [-0.39, 0.29) is 5.57 Å². The zero-order valence-electron chi connectivity index (χ0n) is 11.9. The molecular formula is C18H18O3. The molecular weight excluding hydrogens is 264 g/mol. The topological polar surface area (TPSA) is 46.5 Å². The predicted octanol–water partition coefficient (Wildman–Crippen LogP) is 3.76. The summed E-state index contributed by atoms with van der Waals surface area (Å²) in [7, 11) is 0. The van der Waals surface area contributed by atoms with Crippen LogP contribution < -0.4 is 0 Å². The summed E-state index contributed by atoms with van der Waals surface area (Å²) in [6.45, 7) is 2.15. The van der Waals surface area contributed by atoms with Gasteiger partial charge in [-0.1, -0.05) is 60.7 Å². The van der Waals surface area contributed by atoms with Gasteiger partial charge in [-0.25, -0.2) is 4.79 Å². The van der Waals surface area contributed by atoms with E-state index >= 15 is 0 Å². The van der Waals surface area contributed by atoms with E-state index in [4.69, 9.17) is 4.74 Å². The first-order chi connectivity index (χ1) is 10.2. The van der Waals surface area contributed by atoms with Crippen molar-refractivity contribution >= 4 is 12.0 Å². The maximum atomic E-state index is 11.4. The van der Waals surface area contributed by atoms with E-state index in [0.717, 1.165) is 11.1 Å². The van der Waals surface area contributed by atoms with Crippen molar-refractivity contribution in [2.75, 3.05) is 0 Å². The summed E-state index contributed by atoms with van der Waals surface area (Å²) in [6.07, 6.45) is 1.17. The lowest BCUT2D eigenvalue weighted by Crippen LogP contribution is -2.18. The summed E-state index contributed by atoms with van der Waals surface area (Å²) in [5.74, 6) is -0.959. The fourth-order valence-corrected chi connectivity index (χ4v) is 1.97. The zero-order chi connectivity index (χ0) is 15.1.